The molecule has 0 aliphatic heterocycles. The van der Waals surface area contributed by atoms with Gasteiger partial charge in [-0.15, -0.1) is 0 Å². The van der Waals surface area contributed by atoms with Gasteiger partial charge in [-0.25, -0.2) is 0 Å². The third-order valence-corrected chi connectivity index (χ3v) is 3.10. The molecule has 0 aliphatic rings. The van der Waals surface area contributed by atoms with Gasteiger partial charge in [-0.2, -0.15) is 0 Å². The van der Waals surface area contributed by atoms with Crippen LogP contribution in [0.4, 0.5) is 0 Å². The second-order valence-electron chi connectivity index (χ2n) is 4.19. The molecule has 0 saturated carbocycles. The number of aryl methyl sites for hydroxylation is 2. The largest absolute Gasteiger partial charge is 0.468 e. The van der Waals surface area contributed by atoms with E-state index in [1.54, 1.807) is 0 Å². The average molecular weight is 231 g/mol. The van der Waals surface area contributed by atoms with E-state index in [0.29, 0.717) is 0 Å². The highest BCUT2D eigenvalue weighted by Crippen LogP contribution is 2.21. The van der Waals surface area contributed by atoms with Gasteiger partial charge in [0.15, 0.2) is 0 Å². The molecule has 0 aliphatic carbocycles. The van der Waals surface area contributed by atoms with Crippen LogP contribution in [-0.4, -0.2) is 17.6 Å². The van der Waals surface area contributed by atoms with Crippen LogP contribution < -0.4 is 0 Å². The molecule has 0 N–H and O–H groups in total. The number of hydrogen-bond donors (Lipinski definition) is 0. The van der Waals surface area contributed by atoms with Crippen LogP contribution in [0.25, 0.3) is 10.9 Å². The molecule has 0 saturated heterocycles. The van der Waals surface area contributed by atoms with E-state index in [0.717, 1.165) is 17.6 Å². The van der Waals surface area contributed by atoms with Crippen LogP contribution in [0.2, 0.25) is 0 Å². The molecule has 0 amide bonds. The molecule has 2 rings (SSSR count). The summed E-state index contributed by atoms with van der Waals surface area (Å²) >= 11 is 0. The Morgan fingerprint density at radius 1 is 1.35 bits per heavy atom. The molecule has 1 heterocycles. The van der Waals surface area contributed by atoms with Crippen molar-refractivity contribution >= 4 is 16.9 Å². The molecule has 90 valence electrons. The third-order valence-electron chi connectivity index (χ3n) is 3.10. The van der Waals surface area contributed by atoms with E-state index in [1.807, 2.05) is 11.5 Å². The van der Waals surface area contributed by atoms with Crippen LogP contribution in [0.5, 0.6) is 0 Å². The summed E-state index contributed by atoms with van der Waals surface area (Å²) in [6.45, 7) is 4.41. The third kappa shape index (κ3) is 2.18. The predicted molar refractivity (Wildman–Crippen MR) is 68.1 cm³/mol. The quantitative estimate of drug-likeness (QED) is 0.760. The molecule has 1 aromatic heterocycles. The summed E-state index contributed by atoms with van der Waals surface area (Å²) in [5.74, 6) is -0.215. The SMILES string of the molecule is CCc1ccc2cc(C)n(CC(=O)OC)c2c1. The molecule has 0 atom stereocenters. The van der Waals surface area contributed by atoms with E-state index in [4.69, 9.17) is 4.74 Å². The molecule has 0 spiro atoms. The first kappa shape index (κ1) is 11.7. The zero-order valence-electron chi connectivity index (χ0n) is 10.5. The molecule has 0 unspecified atom stereocenters. The second kappa shape index (κ2) is 4.62. The molecule has 2 aromatic rings. The fourth-order valence-electron chi connectivity index (χ4n) is 2.06. The smallest absolute Gasteiger partial charge is 0.325 e. The summed E-state index contributed by atoms with van der Waals surface area (Å²) in [7, 11) is 1.42. The zero-order chi connectivity index (χ0) is 12.4. The lowest BCUT2D eigenvalue weighted by Gasteiger charge is -2.07. The summed E-state index contributed by atoms with van der Waals surface area (Å²) in [6, 6.07) is 8.47. The zero-order valence-corrected chi connectivity index (χ0v) is 10.5. The van der Waals surface area contributed by atoms with E-state index in [9.17, 15) is 4.79 Å². The Labute approximate surface area is 101 Å². The van der Waals surface area contributed by atoms with Crippen molar-refractivity contribution in [1.82, 2.24) is 4.57 Å². The first-order chi connectivity index (χ1) is 8.15. The van der Waals surface area contributed by atoms with Gasteiger partial charge in [-0.05, 0) is 36.4 Å². The molecule has 0 radical (unpaired) electrons. The number of esters is 1. The van der Waals surface area contributed by atoms with Gasteiger partial charge >= 0.3 is 5.97 Å². The molecular weight excluding hydrogens is 214 g/mol. The van der Waals surface area contributed by atoms with Crippen molar-refractivity contribution in [2.75, 3.05) is 7.11 Å². The van der Waals surface area contributed by atoms with Gasteiger partial charge in [-0.1, -0.05) is 19.1 Å². The second-order valence-corrected chi connectivity index (χ2v) is 4.19. The summed E-state index contributed by atoms with van der Waals surface area (Å²) in [5.41, 5.74) is 3.47. The topological polar surface area (TPSA) is 31.2 Å². The van der Waals surface area contributed by atoms with Crippen LogP contribution >= 0.6 is 0 Å². The Morgan fingerprint density at radius 3 is 2.76 bits per heavy atom. The van der Waals surface area contributed by atoms with Crippen molar-refractivity contribution in [3.05, 3.63) is 35.5 Å². The number of methoxy groups -OCH3 is 1. The number of nitrogens with zero attached hydrogens (tertiary/aromatic N) is 1. The van der Waals surface area contributed by atoms with Gasteiger partial charge in [0, 0.05) is 11.2 Å². The highest BCUT2D eigenvalue weighted by Gasteiger charge is 2.09. The number of carbonyl (C=O) groups is 1. The maximum absolute atomic E-state index is 11.4. The summed E-state index contributed by atoms with van der Waals surface area (Å²) in [6.07, 6.45) is 0.998. The van der Waals surface area contributed by atoms with Gasteiger partial charge in [0.25, 0.3) is 0 Å². The Balaban J connectivity index is 2.52. The first-order valence-electron chi connectivity index (χ1n) is 5.81. The van der Waals surface area contributed by atoms with Crippen molar-refractivity contribution in [2.24, 2.45) is 0 Å². The Morgan fingerprint density at radius 2 is 2.12 bits per heavy atom. The van der Waals surface area contributed by atoms with E-state index in [2.05, 4.69) is 31.2 Å². The number of fused-ring (bicyclic) bond motifs is 1. The number of aromatic nitrogens is 1. The average Bonchev–Trinajstić information content (AvgIpc) is 2.65. The lowest BCUT2D eigenvalue weighted by molar-refractivity contribution is -0.141. The minimum Gasteiger partial charge on any atom is -0.468 e. The lowest BCUT2D eigenvalue weighted by atomic mass is 10.1. The summed E-state index contributed by atoms with van der Waals surface area (Å²) in [4.78, 5) is 11.4. The maximum Gasteiger partial charge on any atom is 0.325 e. The van der Waals surface area contributed by atoms with Crippen molar-refractivity contribution in [3.63, 3.8) is 0 Å². The fourth-order valence-corrected chi connectivity index (χ4v) is 2.06. The van der Waals surface area contributed by atoms with Crippen molar-refractivity contribution < 1.29 is 9.53 Å². The number of carbonyl (C=O) groups excluding carboxylic acids is 1. The lowest BCUT2D eigenvalue weighted by Crippen LogP contribution is -2.12. The monoisotopic (exact) mass is 231 g/mol. The van der Waals surface area contributed by atoms with E-state index < -0.39 is 0 Å². The van der Waals surface area contributed by atoms with Crippen molar-refractivity contribution in [2.45, 2.75) is 26.8 Å². The molecule has 3 nitrogen and oxygen atoms in total. The number of hydrogen-bond acceptors (Lipinski definition) is 2. The minimum absolute atomic E-state index is 0.215. The number of ether oxygens (including phenoxy) is 1. The summed E-state index contributed by atoms with van der Waals surface area (Å²) in [5, 5.41) is 1.17. The molecule has 0 bridgehead atoms. The first-order valence-corrected chi connectivity index (χ1v) is 5.81. The standard InChI is InChI=1S/C14H17NO2/c1-4-11-5-6-12-7-10(2)15(13(12)8-11)9-14(16)17-3/h5-8H,4,9H2,1-3H3. The molecule has 1 aromatic carbocycles. The number of rotatable bonds is 3. The van der Waals surface area contributed by atoms with Gasteiger partial charge < -0.3 is 9.30 Å². The van der Waals surface area contributed by atoms with Crippen molar-refractivity contribution in [1.29, 1.82) is 0 Å². The van der Waals surface area contributed by atoms with Gasteiger partial charge in [-0.3, -0.25) is 4.79 Å². The van der Waals surface area contributed by atoms with Crippen LogP contribution in [0, 0.1) is 6.92 Å². The highest BCUT2D eigenvalue weighted by molar-refractivity contribution is 5.83. The maximum atomic E-state index is 11.4. The molecule has 0 fully saturated rings. The minimum atomic E-state index is -0.215. The van der Waals surface area contributed by atoms with Crippen LogP contribution in [-0.2, 0) is 22.5 Å². The Kier molecular flexibility index (Phi) is 3.18. The normalized spacial score (nSPS) is 10.8. The summed E-state index contributed by atoms with van der Waals surface area (Å²) < 4.78 is 6.72. The van der Waals surface area contributed by atoms with Crippen LogP contribution in [0.1, 0.15) is 18.2 Å². The van der Waals surface area contributed by atoms with Gasteiger partial charge in [0.2, 0.25) is 0 Å². The molecular formula is C14H17NO2. The molecule has 17 heavy (non-hydrogen) atoms. The van der Waals surface area contributed by atoms with Crippen molar-refractivity contribution in [3.8, 4) is 0 Å². The van der Waals surface area contributed by atoms with E-state index >= 15 is 0 Å². The molecule has 3 heteroatoms. The van der Waals surface area contributed by atoms with Gasteiger partial charge in [0.05, 0.1) is 7.11 Å². The van der Waals surface area contributed by atoms with E-state index in [1.165, 1.54) is 18.1 Å². The Bertz CT molecular complexity index is 555. The van der Waals surface area contributed by atoms with E-state index in [-0.39, 0.29) is 12.5 Å². The Hall–Kier alpha value is -1.77. The van der Waals surface area contributed by atoms with Crippen LogP contribution in [0.15, 0.2) is 24.3 Å². The van der Waals surface area contributed by atoms with Crippen LogP contribution in [0.3, 0.4) is 0 Å². The fraction of sp³-hybridized carbons (Fsp3) is 0.357. The van der Waals surface area contributed by atoms with Gasteiger partial charge in [0.1, 0.15) is 6.54 Å². The predicted octanol–water partition coefficient (Wildman–Crippen LogP) is 2.69. The highest BCUT2D eigenvalue weighted by atomic mass is 16.5. The number of benzene rings is 1.